The van der Waals surface area contributed by atoms with E-state index in [2.05, 4.69) is 6.58 Å². The molecule has 2 fully saturated rings. The number of cyclic esters (lactones) is 1. The molecular formula is C29H36O9. The van der Waals surface area contributed by atoms with Crippen LogP contribution in [-0.2, 0) is 33.4 Å². The molecule has 0 bridgehead atoms. The van der Waals surface area contributed by atoms with Gasteiger partial charge in [-0.3, -0.25) is 14.4 Å². The fraction of sp³-hybridized carbons (Fsp3) is 0.586. The van der Waals surface area contributed by atoms with Gasteiger partial charge in [-0.1, -0.05) is 40.3 Å². The van der Waals surface area contributed by atoms with Gasteiger partial charge in [0.05, 0.1) is 26.1 Å². The SMILES string of the molecule is C=C1[C@@H]([C@@]2(C)C=CC(=O)C(C)(C)[C@@H]2[C@@H](OC(C)=O)C(=O)OC)CC[C@@]2(C)[C@H](c3ccoc3)OC(=O)C[C@]12O. The van der Waals surface area contributed by atoms with Crippen LogP contribution < -0.4 is 0 Å². The van der Waals surface area contributed by atoms with E-state index < -0.39 is 63.8 Å². The Hall–Kier alpha value is -3.20. The van der Waals surface area contributed by atoms with Crippen molar-refractivity contribution in [1.29, 1.82) is 0 Å². The van der Waals surface area contributed by atoms with E-state index in [1.807, 2.05) is 13.8 Å². The van der Waals surface area contributed by atoms with Gasteiger partial charge in [-0.2, -0.15) is 0 Å². The molecule has 1 aromatic rings. The third-order valence-electron chi connectivity index (χ3n) is 9.38. The fourth-order valence-corrected chi connectivity index (χ4v) is 7.29. The van der Waals surface area contributed by atoms with E-state index in [0.29, 0.717) is 24.0 Å². The number of fused-ring (bicyclic) bond motifs is 1. The lowest BCUT2D eigenvalue weighted by molar-refractivity contribution is -0.216. The topological polar surface area (TPSA) is 129 Å². The van der Waals surface area contributed by atoms with Crippen LogP contribution in [-0.4, -0.2) is 47.6 Å². The van der Waals surface area contributed by atoms with E-state index >= 15 is 0 Å². The van der Waals surface area contributed by atoms with Gasteiger partial charge < -0.3 is 23.7 Å². The van der Waals surface area contributed by atoms with Crippen LogP contribution in [0.25, 0.3) is 0 Å². The van der Waals surface area contributed by atoms with E-state index in [-0.39, 0.29) is 12.2 Å². The maximum Gasteiger partial charge on any atom is 0.347 e. The molecule has 1 saturated heterocycles. The number of aliphatic hydroxyl groups is 1. The summed E-state index contributed by atoms with van der Waals surface area (Å²) in [6, 6.07) is 1.71. The zero-order chi connectivity index (χ0) is 28.3. The number of ether oxygens (including phenoxy) is 3. The third-order valence-corrected chi connectivity index (χ3v) is 9.38. The zero-order valence-electron chi connectivity index (χ0n) is 22.7. The van der Waals surface area contributed by atoms with Gasteiger partial charge in [-0.05, 0) is 36.5 Å². The number of ketones is 1. The molecule has 1 N–H and O–H groups in total. The highest BCUT2D eigenvalue weighted by molar-refractivity contribution is 5.96. The summed E-state index contributed by atoms with van der Waals surface area (Å²) < 4.78 is 21.5. The highest BCUT2D eigenvalue weighted by Crippen LogP contribution is 2.65. The van der Waals surface area contributed by atoms with Crippen LogP contribution >= 0.6 is 0 Å². The Balaban J connectivity index is 1.84. The minimum absolute atomic E-state index is 0.229. The van der Waals surface area contributed by atoms with Crippen molar-refractivity contribution < 1.29 is 42.9 Å². The second kappa shape index (κ2) is 9.22. The Labute approximate surface area is 222 Å². The van der Waals surface area contributed by atoms with Gasteiger partial charge in [0.1, 0.15) is 11.7 Å². The summed E-state index contributed by atoms with van der Waals surface area (Å²) in [6.45, 7) is 12.7. The molecule has 0 aromatic carbocycles. The summed E-state index contributed by atoms with van der Waals surface area (Å²) in [5, 5.41) is 12.3. The monoisotopic (exact) mass is 528 g/mol. The first-order valence-electron chi connectivity index (χ1n) is 12.8. The molecule has 7 atom stereocenters. The van der Waals surface area contributed by atoms with Crippen molar-refractivity contribution in [3.8, 4) is 0 Å². The van der Waals surface area contributed by atoms with Gasteiger partial charge in [0.15, 0.2) is 5.78 Å². The van der Waals surface area contributed by atoms with E-state index in [4.69, 9.17) is 18.6 Å². The Bertz CT molecular complexity index is 1190. The quantitative estimate of drug-likeness (QED) is 0.344. The first kappa shape index (κ1) is 27.8. The zero-order valence-corrected chi connectivity index (χ0v) is 22.7. The van der Waals surface area contributed by atoms with Crippen LogP contribution in [0.15, 0.2) is 47.3 Å². The second-order valence-corrected chi connectivity index (χ2v) is 11.8. The van der Waals surface area contributed by atoms with Crippen molar-refractivity contribution in [2.75, 3.05) is 7.11 Å². The summed E-state index contributed by atoms with van der Waals surface area (Å²) in [4.78, 5) is 51.0. The van der Waals surface area contributed by atoms with Crippen molar-refractivity contribution >= 4 is 23.7 Å². The summed E-state index contributed by atoms with van der Waals surface area (Å²) in [7, 11) is 1.20. The molecule has 1 aliphatic heterocycles. The van der Waals surface area contributed by atoms with E-state index in [9.17, 15) is 24.3 Å². The number of methoxy groups -OCH3 is 1. The molecule has 1 saturated carbocycles. The van der Waals surface area contributed by atoms with Crippen LogP contribution in [0.3, 0.4) is 0 Å². The average Bonchev–Trinajstić information content (AvgIpc) is 3.36. The summed E-state index contributed by atoms with van der Waals surface area (Å²) in [6.07, 6.45) is 4.71. The number of allylic oxidation sites excluding steroid dienone is 2. The van der Waals surface area contributed by atoms with Gasteiger partial charge >= 0.3 is 17.9 Å². The minimum Gasteiger partial charge on any atom is -0.472 e. The third kappa shape index (κ3) is 3.94. The molecule has 1 aromatic heterocycles. The fourth-order valence-electron chi connectivity index (χ4n) is 7.29. The number of hydrogen-bond acceptors (Lipinski definition) is 9. The van der Waals surface area contributed by atoms with Crippen LogP contribution in [0, 0.1) is 28.1 Å². The Morgan fingerprint density at radius 3 is 2.47 bits per heavy atom. The highest BCUT2D eigenvalue weighted by atomic mass is 16.6. The normalized spacial score (nSPS) is 37.1. The molecule has 9 heteroatoms. The molecule has 206 valence electrons. The van der Waals surface area contributed by atoms with Crippen molar-refractivity contribution in [1.82, 2.24) is 0 Å². The molecule has 2 aliphatic carbocycles. The molecule has 0 spiro atoms. The molecule has 0 amide bonds. The molecule has 38 heavy (non-hydrogen) atoms. The molecule has 9 nitrogen and oxygen atoms in total. The van der Waals surface area contributed by atoms with Crippen molar-refractivity contribution in [3.05, 3.63) is 48.5 Å². The molecule has 4 rings (SSSR count). The average molecular weight is 529 g/mol. The van der Waals surface area contributed by atoms with Crippen LogP contribution in [0.1, 0.15) is 65.5 Å². The molecular weight excluding hydrogens is 492 g/mol. The standard InChI is InChI=1S/C29H36O9/c1-16-19(8-12-28(6)24(18-10-13-36-15-18)38-21(32)14-29(16,28)34)27(5)11-9-20(31)26(3,4)23(27)22(25(33)35-7)37-17(2)30/h9-11,13,15,19,22-24,34H,1,8,12,14H2,2-7H3/t19-,22+,23-,24-,27+,28-,29-/m0/s1. The Morgan fingerprint density at radius 2 is 1.89 bits per heavy atom. The molecule has 2 heterocycles. The van der Waals surface area contributed by atoms with Crippen LogP contribution in [0.2, 0.25) is 0 Å². The van der Waals surface area contributed by atoms with E-state index in [1.54, 1.807) is 26.0 Å². The largest absolute Gasteiger partial charge is 0.472 e. The predicted molar refractivity (Wildman–Crippen MR) is 134 cm³/mol. The maximum atomic E-state index is 13.1. The maximum absolute atomic E-state index is 13.1. The summed E-state index contributed by atoms with van der Waals surface area (Å²) in [5.74, 6) is -3.59. The molecule has 0 radical (unpaired) electrons. The van der Waals surface area contributed by atoms with Gasteiger partial charge in [-0.15, -0.1) is 0 Å². The van der Waals surface area contributed by atoms with Crippen LogP contribution in [0.5, 0.6) is 0 Å². The molecule has 3 aliphatic rings. The summed E-state index contributed by atoms with van der Waals surface area (Å²) >= 11 is 0. The predicted octanol–water partition coefficient (Wildman–Crippen LogP) is 3.86. The van der Waals surface area contributed by atoms with Gasteiger partial charge in [0.2, 0.25) is 6.10 Å². The van der Waals surface area contributed by atoms with Crippen molar-refractivity contribution in [3.63, 3.8) is 0 Å². The number of carbonyl (C=O) groups excluding carboxylic acids is 4. The lowest BCUT2D eigenvalue weighted by Crippen LogP contribution is -2.64. The summed E-state index contributed by atoms with van der Waals surface area (Å²) in [5.41, 5.74) is -3.63. The van der Waals surface area contributed by atoms with E-state index in [0.717, 1.165) is 0 Å². The Kier molecular flexibility index (Phi) is 6.75. The van der Waals surface area contributed by atoms with Crippen molar-refractivity contribution in [2.24, 2.45) is 28.1 Å². The van der Waals surface area contributed by atoms with E-state index in [1.165, 1.54) is 32.6 Å². The number of furan rings is 1. The van der Waals surface area contributed by atoms with Crippen molar-refractivity contribution in [2.45, 2.75) is 71.7 Å². The lowest BCUT2D eigenvalue weighted by atomic mass is 9.45. The second-order valence-electron chi connectivity index (χ2n) is 11.8. The van der Waals surface area contributed by atoms with Crippen LogP contribution in [0.4, 0.5) is 0 Å². The number of carbonyl (C=O) groups is 4. The van der Waals surface area contributed by atoms with Gasteiger partial charge in [0, 0.05) is 34.7 Å². The number of hydrogen-bond donors (Lipinski definition) is 1. The first-order chi connectivity index (χ1) is 17.6. The minimum atomic E-state index is -1.65. The number of rotatable bonds is 5. The Morgan fingerprint density at radius 1 is 1.21 bits per heavy atom. The smallest absolute Gasteiger partial charge is 0.347 e. The molecule has 0 unspecified atom stereocenters. The highest BCUT2D eigenvalue weighted by Gasteiger charge is 2.67. The lowest BCUT2D eigenvalue weighted by Gasteiger charge is -2.61. The first-order valence-corrected chi connectivity index (χ1v) is 12.8. The van der Waals surface area contributed by atoms with Gasteiger partial charge in [-0.25, -0.2) is 4.79 Å². The van der Waals surface area contributed by atoms with Gasteiger partial charge in [0.25, 0.3) is 0 Å². The number of esters is 3.